The van der Waals surface area contributed by atoms with Crippen molar-refractivity contribution in [3.63, 3.8) is 0 Å². The molecule has 2 bridgehead atoms. The topological polar surface area (TPSA) is 60.9 Å². The number of carbonyl (C=O) groups is 3. The van der Waals surface area contributed by atoms with Gasteiger partial charge in [-0.2, -0.15) is 0 Å². The summed E-state index contributed by atoms with van der Waals surface area (Å²) in [4.78, 5) is 45.2. The van der Waals surface area contributed by atoms with Gasteiger partial charge in [0.05, 0.1) is 4.88 Å². The Morgan fingerprint density at radius 3 is 2.67 bits per heavy atom. The quantitative estimate of drug-likeness (QED) is 0.547. The van der Waals surface area contributed by atoms with Crippen molar-refractivity contribution >= 4 is 28.9 Å². The Morgan fingerprint density at radius 2 is 1.93 bits per heavy atom. The number of hydrogen-bond acceptors (Lipinski definition) is 5. The van der Waals surface area contributed by atoms with Crippen molar-refractivity contribution in [1.82, 2.24) is 14.7 Å². The van der Waals surface area contributed by atoms with Gasteiger partial charge in [0.2, 0.25) is 11.8 Å². The molecule has 3 fully saturated rings. The van der Waals surface area contributed by atoms with E-state index in [0.29, 0.717) is 25.4 Å². The maximum absolute atomic E-state index is 13.5. The lowest BCUT2D eigenvalue weighted by molar-refractivity contribution is -0.164. The Labute approximate surface area is 181 Å². The number of amides is 2. The molecule has 0 N–H and O–H groups in total. The fourth-order valence-corrected chi connectivity index (χ4v) is 6.75. The van der Waals surface area contributed by atoms with Crippen LogP contribution in [-0.2, 0) is 16.1 Å². The molecule has 2 amide bonds. The minimum Gasteiger partial charge on any atom is -0.333 e. The number of Topliss-reactive ketones (excluding diaryl/α,β-unsaturated/α-hetero) is 1. The highest BCUT2D eigenvalue weighted by Crippen LogP contribution is 2.42. The average molecular weight is 428 g/mol. The van der Waals surface area contributed by atoms with E-state index in [2.05, 4.69) is 10.3 Å². The van der Waals surface area contributed by atoms with Gasteiger partial charge >= 0.3 is 0 Å². The molecule has 4 aliphatic heterocycles. The molecule has 6 nitrogen and oxygen atoms in total. The average Bonchev–Trinajstić information content (AvgIpc) is 3.41. The van der Waals surface area contributed by atoms with E-state index in [1.54, 1.807) is 6.92 Å². The van der Waals surface area contributed by atoms with E-state index in [-0.39, 0.29) is 35.6 Å². The predicted octanol–water partition coefficient (Wildman–Crippen LogP) is 2.55. The molecule has 4 aliphatic rings. The molecule has 0 unspecified atom stereocenters. The Morgan fingerprint density at radius 1 is 1.17 bits per heavy atom. The van der Waals surface area contributed by atoms with Crippen LogP contribution in [0.2, 0.25) is 0 Å². The van der Waals surface area contributed by atoms with E-state index in [0.717, 1.165) is 43.8 Å². The van der Waals surface area contributed by atoms with E-state index >= 15 is 0 Å². The van der Waals surface area contributed by atoms with Crippen LogP contribution in [-0.4, -0.2) is 70.6 Å². The molecule has 0 saturated carbocycles. The van der Waals surface area contributed by atoms with Gasteiger partial charge < -0.3 is 9.80 Å². The van der Waals surface area contributed by atoms with E-state index < -0.39 is 0 Å². The van der Waals surface area contributed by atoms with E-state index in [1.807, 2.05) is 28.0 Å². The SMILES string of the molecule is CC(=O)c1cc(CN2C[C@H]3C[C@@H](C2)[C@H](C(=O)N2CC=CC2)N2C(=O)CCC[C@@H]32)cs1. The maximum atomic E-state index is 13.5. The van der Waals surface area contributed by atoms with Gasteiger partial charge in [0, 0.05) is 51.1 Å². The molecular weight excluding hydrogens is 398 g/mol. The maximum Gasteiger partial charge on any atom is 0.246 e. The number of nitrogens with zero attached hydrogens (tertiary/aromatic N) is 3. The Balaban J connectivity index is 1.39. The van der Waals surface area contributed by atoms with Crippen molar-refractivity contribution in [2.24, 2.45) is 11.8 Å². The van der Waals surface area contributed by atoms with E-state index in [4.69, 9.17) is 0 Å². The number of ketones is 1. The van der Waals surface area contributed by atoms with Crippen LogP contribution in [0.5, 0.6) is 0 Å². The number of rotatable bonds is 4. The molecule has 5 heterocycles. The highest BCUT2D eigenvalue weighted by atomic mass is 32.1. The second-order valence-corrected chi connectivity index (χ2v) is 10.2. The van der Waals surface area contributed by atoms with E-state index in [9.17, 15) is 14.4 Å². The summed E-state index contributed by atoms with van der Waals surface area (Å²) in [5.74, 6) is 1.02. The molecule has 1 aromatic rings. The minimum atomic E-state index is -0.322. The number of piperidine rings is 3. The molecule has 0 aliphatic carbocycles. The first-order chi connectivity index (χ1) is 14.5. The summed E-state index contributed by atoms with van der Waals surface area (Å²) in [5, 5.41) is 2.08. The third-order valence-electron chi connectivity index (χ3n) is 7.21. The normalized spacial score (nSPS) is 31.2. The number of fused-ring (bicyclic) bond motifs is 4. The van der Waals surface area contributed by atoms with E-state index in [1.165, 1.54) is 16.9 Å². The van der Waals surface area contributed by atoms with Crippen LogP contribution >= 0.6 is 11.3 Å². The van der Waals surface area contributed by atoms with Crippen molar-refractivity contribution in [3.05, 3.63) is 34.0 Å². The smallest absolute Gasteiger partial charge is 0.246 e. The Hall–Kier alpha value is -1.99. The summed E-state index contributed by atoms with van der Waals surface area (Å²) >= 11 is 1.51. The summed E-state index contributed by atoms with van der Waals surface area (Å²) in [6.45, 7) is 5.52. The van der Waals surface area contributed by atoms with Gasteiger partial charge in [0.25, 0.3) is 0 Å². The molecule has 30 heavy (non-hydrogen) atoms. The first-order valence-corrected chi connectivity index (χ1v) is 11.9. The molecule has 5 rings (SSSR count). The first-order valence-electron chi connectivity index (χ1n) is 11.1. The Bertz CT molecular complexity index is 886. The Kier molecular flexibility index (Phi) is 5.27. The van der Waals surface area contributed by atoms with Crippen molar-refractivity contribution in [2.45, 2.75) is 51.2 Å². The lowest BCUT2D eigenvalue weighted by atomic mass is 9.71. The van der Waals surface area contributed by atoms with Crippen molar-refractivity contribution in [1.29, 1.82) is 0 Å². The van der Waals surface area contributed by atoms with Gasteiger partial charge in [-0.05, 0) is 49.1 Å². The summed E-state index contributed by atoms with van der Waals surface area (Å²) in [6, 6.07) is 1.87. The van der Waals surface area contributed by atoms with Gasteiger partial charge in [-0.25, -0.2) is 0 Å². The van der Waals surface area contributed by atoms with Gasteiger partial charge in [-0.1, -0.05) is 12.2 Å². The van der Waals surface area contributed by atoms with Crippen LogP contribution < -0.4 is 0 Å². The van der Waals surface area contributed by atoms with Crippen LogP contribution in [0.1, 0.15) is 47.8 Å². The number of likely N-dealkylation sites (tertiary alicyclic amines) is 1. The highest BCUT2D eigenvalue weighted by molar-refractivity contribution is 7.12. The lowest BCUT2D eigenvalue weighted by Crippen LogP contribution is -2.68. The summed E-state index contributed by atoms with van der Waals surface area (Å²) in [6.07, 6.45) is 7.62. The molecule has 4 atom stereocenters. The highest BCUT2D eigenvalue weighted by Gasteiger charge is 2.52. The summed E-state index contributed by atoms with van der Waals surface area (Å²) < 4.78 is 0. The molecule has 0 radical (unpaired) electrons. The number of carbonyl (C=O) groups excluding carboxylic acids is 3. The van der Waals surface area contributed by atoms with Crippen LogP contribution in [0.15, 0.2) is 23.6 Å². The summed E-state index contributed by atoms with van der Waals surface area (Å²) in [7, 11) is 0. The van der Waals surface area contributed by atoms with Crippen LogP contribution in [0.25, 0.3) is 0 Å². The van der Waals surface area contributed by atoms with Crippen molar-refractivity contribution in [3.8, 4) is 0 Å². The van der Waals surface area contributed by atoms with Gasteiger partial charge in [-0.3, -0.25) is 19.3 Å². The number of hydrogen-bond donors (Lipinski definition) is 0. The van der Waals surface area contributed by atoms with Crippen LogP contribution in [0.3, 0.4) is 0 Å². The zero-order valence-electron chi connectivity index (χ0n) is 17.5. The van der Waals surface area contributed by atoms with Gasteiger partial charge in [-0.15, -0.1) is 11.3 Å². The zero-order valence-corrected chi connectivity index (χ0v) is 18.3. The van der Waals surface area contributed by atoms with Gasteiger partial charge in [0.1, 0.15) is 6.04 Å². The van der Waals surface area contributed by atoms with Crippen molar-refractivity contribution in [2.75, 3.05) is 26.2 Å². The van der Waals surface area contributed by atoms with Crippen molar-refractivity contribution < 1.29 is 14.4 Å². The van der Waals surface area contributed by atoms with Crippen LogP contribution in [0.4, 0.5) is 0 Å². The molecule has 3 saturated heterocycles. The van der Waals surface area contributed by atoms with Gasteiger partial charge in [0.15, 0.2) is 5.78 Å². The third kappa shape index (κ3) is 3.52. The number of thiophene rings is 1. The molecule has 160 valence electrons. The molecule has 0 aromatic carbocycles. The predicted molar refractivity (Wildman–Crippen MR) is 115 cm³/mol. The molecular formula is C23H29N3O3S. The lowest BCUT2D eigenvalue weighted by Gasteiger charge is -2.56. The molecule has 0 spiro atoms. The van der Waals surface area contributed by atoms with Crippen LogP contribution in [0, 0.1) is 11.8 Å². The molecule has 7 heteroatoms. The summed E-state index contributed by atoms with van der Waals surface area (Å²) in [5.41, 5.74) is 1.17. The second-order valence-electron chi connectivity index (χ2n) is 9.25. The monoisotopic (exact) mass is 427 g/mol. The largest absolute Gasteiger partial charge is 0.333 e. The first kappa shape index (κ1) is 19.9. The standard InChI is InChI=1S/C23H29N3O3S/c1-15(27)20-9-16(14-30-20)11-24-12-17-10-18(13-24)22(23(29)25-7-2-3-8-25)26-19(17)5-4-6-21(26)28/h2-3,9,14,17-19,22H,4-8,10-13H2,1H3/t17-,18+,19+,22-/m1/s1. The fraction of sp³-hybridized carbons (Fsp3) is 0.609. The molecule has 1 aromatic heterocycles. The minimum absolute atomic E-state index is 0.114. The third-order valence-corrected chi connectivity index (χ3v) is 8.29. The zero-order chi connectivity index (χ0) is 20.8. The second kappa shape index (κ2) is 7.93. The fourth-order valence-electron chi connectivity index (χ4n) is 5.95.